The van der Waals surface area contributed by atoms with Crippen LogP contribution in [0.4, 0.5) is 4.39 Å². The Bertz CT molecular complexity index is 616. The van der Waals surface area contributed by atoms with Crippen LogP contribution in [0.25, 0.3) is 0 Å². The molecule has 2 aromatic rings. The minimum Gasteiger partial charge on any atom is -0.496 e. The van der Waals surface area contributed by atoms with E-state index in [1.807, 2.05) is 31.2 Å². The summed E-state index contributed by atoms with van der Waals surface area (Å²) in [7, 11) is 1.57. The molecule has 5 heteroatoms. The molecule has 1 aromatic carbocycles. The number of carbonyl (C=O) groups is 1. The van der Waals surface area contributed by atoms with Crippen LogP contribution >= 0.6 is 0 Å². The van der Waals surface area contributed by atoms with Crippen LogP contribution in [0.2, 0.25) is 0 Å². The van der Waals surface area contributed by atoms with Gasteiger partial charge < -0.3 is 10.1 Å². The summed E-state index contributed by atoms with van der Waals surface area (Å²) in [6.07, 6.45) is 0. The number of rotatable bonds is 4. The maximum atomic E-state index is 13.0. The molecular formula is C15H15FN2O2. The standard InChI is InChI=1S/C15H15FN2O2/c1-10(11-6-3-4-8-13(11)20-2)17-15(19)12-7-5-9-14(16)18-12/h3-10H,1-2H3,(H,17,19). The molecule has 0 radical (unpaired) electrons. The van der Waals surface area contributed by atoms with Gasteiger partial charge >= 0.3 is 0 Å². The predicted octanol–water partition coefficient (Wildman–Crippen LogP) is 2.72. The highest BCUT2D eigenvalue weighted by Crippen LogP contribution is 2.24. The van der Waals surface area contributed by atoms with Crippen LogP contribution in [0.15, 0.2) is 42.5 Å². The third kappa shape index (κ3) is 3.12. The van der Waals surface area contributed by atoms with Crippen LogP contribution < -0.4 is 10.1 Å². The van der Waals surface area contributed by atoms with Crippen molar-refractivity contribution in [3.63, 3.8) is 0 Å². The van der Waals surface area contributed by atoms with Crippen molar-refractivity contribution >= 4 is 5.91 Å². The van der Waals surface area contributed by atoms with E-state index in [9.17, 15) is 9.18 Å². The third-order valence-electron chi connectivity index (χ3n) is 2.90. The van der Waals surface area contributed by atoms with Crippen molar-refractivity contribution in [3.8, 4) is 5.75 Å². The SMILES string of the molecule is COc1ccccc1C(C)NC(=O)c1cccc(F)n1. The van der Waals surface area contributed by atoms with Gasteiger partial charge in [-0.2, -0.15) is 4.39 Å². The van der Waals surface area contributed by atoms with E-state index in [0.29, 0.717) is 5.75 Å². The van der Waals surface area contributed by atoms with E-state index in [0.717, 1.165) is 5.56 Å². The van der Waals surface area contributed by atoms with Gasteiger partial charge in [0.1, 0.15) is 11.4 Å². The average Bonchev–Trinajstić information content (AvgIpc) is 2.47. The minimum atomic E-state index is -0.678. The summed E-state index contributed by atoms with van der Waals surface area (Å²) >= 11 is 0. The van der Waals surface area contributed by atoms with Gasteiger partial charge in [0, 0.05) is 5.56 Å². The van der Waals surface area contributed by atoms with Crippen LogP contribution in [0.5, 0.6) is 5.75 Å². The first-order valence-corrected chi connectivity index (χ1v) is 6.18. The Morgan fingerprint density at radius 1 is 1.25 bits per heavy atom. The van der Waals surface area contributed by atoms with Crippen molar-refractivity contribution in [2.24, 2.45) is 0 Å². The first-order valence-electron chi connectivity index (χ1n) is 6.18. The summed E-state index contributed by atoms with van der Waals surface area (Å²) in [5, 5.41) is 2.77. The number of nitrogens with zero attached hydrogens (tertiary/aromatic N) is 1. The lowest BCUT2D eigenvalue weighted by Gasteiger charge is -2.16. The summed E-state index contributed by atoms with van der Waals surface area (Å²) in [5.41, 5.74) is 0.895. The molecule has 0 fully saturated rings. The summed E-state index contributed by atoms with van der Waals surface area (Å²) in [6.45, 7) is 1.83. The Balaban J connectivity index is 2.15. The first-order chi connectivity index (χ1) is 9.61. The topological polar surface area (TPSA) is 51.2 Å². The van der Waals surface area contributed by atoms with Crippen molar-refractivity contribution in [2.45, 2.75) is 13.0 Å². The van der Waals surface area contributed by atoms with Crippen LogP contribution in [-0.2, 0) is 0 Å². The molecule has 1 aromatic heterocycles. The highest BCUT2D eigenvalue weighted by molar-refractivity contribution is 5.92. The zero-order chi connectivity index (χ0) is 14.5. The monoisotopic (exact) mass is 274 g/mol. The van der Waals surface area contributed by atoms with E-state index >= 15 is 0 Å². The van der Waals surface area contributed by atoms with Crippen molar-refractivity contribution in [1.29, 1.82) is 0 Å². The number of carbonyl (C=O) groups excluding carboxylic acids is 1. The van der Waals surface area contributed by atoms with E-state index in [4.69, 9.17) is 4.74 Å². The highest BCUT2D eigenvalue weighted by Gasteiger charge is 2.15. The van der Waals surface area contributed by atoms with Crippen molar-refractivity contribution in [3.05, 3.63) is 59.7 Å². The second-order valence-corrected chi connectivity index (χ2v) is 4.28. The molecule has 1 N–H and O–H groups in total. The van der Waals surface area contributed by atoms with Crippen molar-refractivity contribution in [1.82, 2.24) is 10.3 Å². The Hall–Kier alpha value is -2.43. The predicted molar refractivity (Wildman–Crippen MR) is 73.1 cm³/mol. The van der Waals surface area contributed by atoms with Gasteiger partial charge in [-0.1, -0.05) is 24.3 Å². The molecule has 1 unspecified atom stereocenters. The third-order valence-corrected chi connectivity index (χ3v) is 2.90. The maximum absolute atomic E-state index is 13.0. The van der Waals surface area contributed by atoms with Gasteiger partial charge in [0.15, 0.2) is 0 Å². The molecule has 1 atom stereocenters. The number of nitrogens with one attached hydrogen (secondary N) is 1. The van der Waals surface area contributed by atoms with E-state index < -0.39 is 11.9 Å². The Kier molecular flexibility index (Phi) is 4.30. The second kappa shape index (κ2) is 6.14. The number of para-hydroxylation sites is 1. The van der Waals surface area contributed by atoms with Crippen molar-refractivity contribution < 1.29 is 13.9 Å². The zero-order valence-electron chi connectivity index (χ0n) is 11.3. The van der Waals surface area contributed by atoms with Gasteiger partial charge in [-0.05, 0) is 25.1 Å². The fourth-order valence-electron chi connectivity index (χ4n) is 1.91. The first kappa shape index (κ1) is 14.0. The van der Waals surface area contributed by atoms with E-state index in [2.05, 4.69) is 10.3 Å². The number of benzene rings is 1. The van der Waals surface area contributed by atoms with Gasteiger partial charge in [0.05, 0.1) is 13.2 Å². The van der Waals surface area contributed by atoms with E-state index in [1.165, 1.54) is 18.2 Å². The van der Waals surface area contributed by atoms with Crippen LogP contribution in [-0.4, -0.2) is 18.0 Å². The quantitative estimate of drug-likeness (QED) is 0.872. The molecule has 104 valence electrons. The number of hydrogen-bond donors (Lipinski definition) is 1. The number of methoxy groups -OCH3 is 1. The minimum absolute atomic E-state index is 0.0479. The van der Waals surface area contributed by atoms with E-state index in [1.54, 1.807) is 7.11 Å². The molecule has 0 saturated heterocycles. The lowest BCUT2D eigenvalue weighted by Crippen LogP contribution is -2.27. The Labute approximate surface area is 116 Å². The molecule has 0 aliphatic rings. The van der Waals surface area contributed by atoms with Crippen LogP contribution in [0.1, 0.15) is 29.0 Å². The van der Waals surface area contributed by atoms with Crippen LogP contribution in [0, 0.1) is 5.95 Å². The molecule has 0 aliphatic carbocycles. The lowest BCUT2D eigenvalue weighted by molar-refractivity contribution is 0.0933. The summed E-state index contributed by atoms with van der Waals surface area (Å²) in [4.78, 5) is 15.6. The zero-order valence-corrected chi connectivity index (χ0v) is 11.3. The fourth-order valence-corrected chi connectivity index (χ4v) is 1.91. The number of amides is 1. The Morgan fingerprint density at radius 3 is 2.70 bits per heavy atom. The van der Waals surface area contributed by atoms with Crippen LogP contribution in [0.3, 0.4) is 0 Å². The van der Waals surface area contributed by atoms with Gasteiger partial charge in [0.2, 0.25) is 5.95 Å². The molecule has 4 nitrogen and oxygen atoms in total. The van der Waals surface area contributed by atoms with Gasteiger partial charge in [-0.25, -0.2) is 4.98 Å². The molecule has 0 aliphatic heterocycles. The highest BCUT2D eigenvalue weighted by atomic mass is 19.1. The summed E-state index contributed by atoms with van der Waals surface area (Å²) < 4.78 is 18.2. The smallest absolute Gasteiger partial charge is 0.270 e. The van der Waals surface area contributed by atoms with Crippen molar-refractivity contribution in [2.75, 3.05) is 7.11 Å². The maximum Gasteiger partial charge on any atom is 0.270 e. The summed E-state index contributed by atoms with van der Waals surface area (Å²) in [5.74, 6) is -0.419. The summed E-state index contributed by atoms with van der Waals surface area (Å²) in [6, 6.07) is 11.2. The number of pyridine rings is 1. The number of halogens is 1. The fraction of sp³-hybridized carbons (Fsp3) is 0.200. The molecule has 1 heterocycles. The molecule has 0 bridgehead atoms. The second-order valence-electron chi connectivity index (χ2n) is 4.28. The van der Waals surface area contributed by atoms with Gasteiger partial charge in [-0.15, -0.1) is 0 Å². The van der Waals surface area contributed by atoms with Gasteiger partial charge in [0.25, 0.3) is 5.91 Å². The number of ether oxygens (including phenoxy) is 1. The Morgan fingerprint density at radius 2 is 2.00 bits per heavy atom. The van der Waals surface area contributed by atoms with Gasteiger partial charge in [-0.3, -0.25) is 4.79 Å². The number of hydrogen-bond acceptors (Lipinski definition) is 3. The molecule has 0 spiro atoms. The number of aromatic nitrogens is 1. The molecule has 2 rings (SSSR count). The van der Waals surface area contributed by atoms with E-state index in [-0.39, 0.29) is 11.7 Å². The molecule has 0 saturated carbocycles. The average molecular weight is 274 g/mol. The molecular weight excluding hydrogens is 259 g/mol. The normalized spacial score (nSPS) is 11.8. The molecule has 1 amide bonds. The largest absolute Gasteiger partial charge is 0.496 e. The lowest BCUT2D eigenvalue weighted by atomic mass is 10.1. The molecule has 20 heavy (non-hydrogen) atoms.